The quantitative estimate of drug-likeness (QED) is 0.766. The van der Waals surface area contributed by atoms with Crippen molar-refractivity contribution in [2.24, 2.45) is 5.16 Å². The van der Waals surface area contributed by atoms with Gasteiger partial charge in [0.2, 0.25) is 0 Å². The van der Waals surface area contributed by atoms with E-state index in [1.807, 2.05) is 41.2 Å². The summed E-state index contributed by atoms with van der Waals surface area (Å²) in [6.07, 6.45) is 3.07. The molecule has 0 bridgehead atoms. The molecule has 7 heteroatoms. The number of fused-ring (bicyclic) bond motifs is 1. The van der Waals surface area contributed by atoms with Crippen molar-refractivity contribution in [1.82, 2.24) is 15.3 Å². The van der Waals surface area contributed by atoms with Crippen LogP contribution in [0.5, 0.6) is 0 Å². The molecule has 0 aliphatic carbocycles. The molecule has 1 aliphatic heterocycles. The molecule has 1 N–H and O–H groups in total. The minimum atomic E-state index is -0.206. The average molecular weight is 352 g/mol. The molecule has 0 fully saturated rings. The fraction of sp³-hybridized carbons (Fsp3) is 0.222. The van der Waals surface area contributed by atoms with Gasteiger partial charge in [0.1, 0.15) is 11.8 Å². The lowest BCUT2D eigenvalue weighted by atomic mass is 10.1. The van der Waals surface area contributed by atoms with Crippen LogP contribution in [0.2, 0.25) is 0 Å². The Labute approximate surface area is 148 Å². The van der Waals surface area contributed by atoms with Gasteiger partial charge in [0.05, 0.1) is 23.5 Å². The van der Waals surface area contributed by atoms with Gasteiger partial charge in [-0.1, -0.05) is 29.4 Å². The summed E-state index contributed by atoms with van der Waals surface area (Å²) in [5.74, 6) is -0.206. The number of oxime groups is 1. The molecule has 2 aromatic heterocycles. The summed E-state index contributed by atoms with van der Waals surface area (Å²) in [5, 5.41) is 10.8. The minimum Gasteiger partial charge on any atom is -0.392 e. The number of carbonyl (C=O) groups excluding carboxylic acids is 1. The van der Waals surface area contributed by atoms with E-state index in [4.69, 9.17) is 4.84 Å². The van der Waals surface area contributed by atoms with Crippen LogP contribution in [0.15, 0.2) is 52.6 Å². The van der Waals surface area contributed by atoms with Crippen LogP contribution in [-0.2, 0) is 11.3 Å². The maximum atomic E-state index is 12.5. The Morgan fingerprint density at radius 3 is 3.08 bits per heavy atom. The van der Waals surface area contributed by atoms with E-state index in [9.17, 15) is 4.79 Å². The molecule has 0 saturated carbocycles. The summed E-state index contributed by atoms with van der Waals surface area (Å²) < 4.78 is 0. The summed E-state index contributed by atoms with van der Waals surface area (Å²) in [6, 6.07) is 9.60. The predicted molar refractivity (Wildman–Crippen MR) is 96.8 cm³/mol. The Bertz CT molecular complexity index is 918. The van der Waals surface area contributed by atoms with Gasteiger partial charge in [-0.05, 0) is 11.5 Å². The molecule has 1 aromatic carbocycles. The normalized spacial score (nSPS) is 16.5. The van der Waals surface area contributed by atoms with Crippen molar-refractivity contribution < 1.29 is 9.63 Å². The topological polar surface area (TPSA) is 76.5 Å². The molecule has 6 nitrogen and oxygen atoms in total. The van der Waals surface area contributed by atoms with E-state index in [2.05, 4.69) is 20.4 Å². The second-order valence-electron chi connectivity index (χ2n) is 5.84. The Kier molecular flexibility index (Phi) is 4.39. The van der Waals surface area contributed by atoms with Crippen LogP contribution in [0.4, 0.5) is 0 Å². The zero-order valence-electron chi connectivity index (χ0n) is 13.4. The lowest BCUT2D eigenvalue weighted by molar-refractivity contribution is 0.0853. The van der Waals surface area contributed by atoms with Crippen molar-refractivity contribution in [1.29, 1.82) is 0 Å². The van der Waals surface area contributed by atoms with E-state index in [1.54, 1.807) is 17.5 Å². The van der Waals surface area contributed by atoms with Gasteiger partial charge in [0.15, 0.2) is 0 Å². The van der Waals surface area contributed by atoms with E-state index in [-0.39, 0.29) is 12.0 Å². The summed E-state index contributed by atoms with van der Waals surface area (Å²) in [4.78, 5) is 26.4. The number of nitrogens with one attached hydrogen (secondary N) is 1. The summed E-state index contributed by atoms with van der Waals surface area (Å²) in [5.41, 5.74) is 4.07. The van der Waals surface area contributed by atoms with E-state index in [1.165, 1.54) is 0 Å². The number of aromatic nitrogens is 2. The molecule has 25 heavy (non-hydrogen) atoms. The summed E-state index contributed by atoms with van der Waals surface area (Å²) in [6.45, 7) is 0.358. The predicted octanol–water partition coefficient (Wildman–Crippen LogP) is 2.81. The highest BCUT2D eigenvalue weighted by molar-refractivity contribution is 7.07. The number of benzene rings is 1. The Morgan fingerprint density at radius 1 is 1.28 bits per heavy atom. The Hall–Kier alpha value is -2.80. The van der Waals surface area contributed by atoms with E-state index < -0.39 is 0 Å². The van der Waals surface area contributed by atoms with Crippen molar-refractivity contribution >= 4 is 33.7 Å². The number of hydrogen-bond donors (Lipinski definition) is 1. The number of nitrogens with zero attached hydrogens (tertiary/aromatic N) is 3. The average Bonchev–Trinajstić information content (AvgIpc) is 3.31. The molecule has 1 aliphatic rings. The molecule has 0 spiro atoms. The van der Waals surface area contributed by atoms with Crippen molar-refractivity contribution in [3.05, 3.63) is 58.8 Å². The third kappa shape index (κ3) is 3.51. The smallest absolute Gasteiger partial charge is 0.270 e. The lowest BCUT2D eigenvalue weighted by Crippen LogP contribution is -2.30. The number of pyridine rings is 1. The third-order valence-electron chi connectivity index (χ3n) is 4.06. The van der Waals surface area contributed by atoms with Gasteiger partial charge in [-0.2, -0.15) is 0 Å². The first-order chi connectivity index (χ1) is 12.3. The molecule has 1 atom stereocenters. The molecule has 0 saturated heterocycles. The minimum absolute atomic E-state index is 0.00955. The number of rotatable bonds is 5. The summed E-state index contributed by atoms with van der Waals surface area (Å²) >= 11 is 1.57. The van der Waals surface area contributed by atoms with Crippen molar-refractivity contribution in [2.45, 2.75) is 18.9 Å². The molecule has 3 aromatic rings. The summed E-state index contributed by atoms with van der Waals surface area (Å²) in [7, 11) is 0. The van der Waals surface area contributed by atoms with E-state index in [0.717, 1.165) is 28.6 Å². The van der Waals surface area contributed by atoms with Crippen molar-refractivity contribution in [2.75, 3.05) is 6.54 Å². The largest absolute Gasteiger partial charge is 0.392 e. The highest BCUT2D eigenvalue weighted by Gasteiger charge is 2.22. The van der Waals surface area contributed by atoms with Crippen LogP contribution in [0.25, 0.3) is 10.8 Å². The zero-order valence-corrected chi connectivity index (χ0v) is 14.2. The molecule has 1 amide bonds. The molecular weight excluding hydrogens is 336 g/mol. The first kappa shape index (κ1) is 15.7. The van der Waals surface area contributed by atoms with Gasteiger partial charge in [-0.15, -0.1) is 11.3 Å². The Morgan fingerprint density at radius 2 is 2.20 bits per heavy atom. The molecular formula is C18H16N4O2S. The zero-order chi connectivity index (χ0) is 17.1. The molecule has 1 unspecified atom stereocenters. The SMILES string of the molecule is O=C(NCC1=NOC(Cc2cscn2)C1)c1nccc2ccccc12. The van der Waals surface area contributed by atoms with Crippen molar-refractivity contribution in [3.8, 4) is 0 Å². The number of amides is 1. The second-order valence-corrected chi connectivity index (χ2v) is 6.56. The van der Waals surface area contributed by atoms with Gasteiger partial charge in [-0.3, -0.25) is 9.78 Å². The molecule has 4 rings (SSSR count). The first-order valence-corrected chi connectivity index (χ1v) is 8.94. The maximum Gasteiger partial charge on any atom is 0.270 e. The van der Waals surface area contributed by atoms with Crippen LogP contribution in [0.1, 0.15) is 22.6 Å². The van der Waals surface area contributed by atoms with E-state index >= 15 is 0 Å². The van der Waals surface area contributed by atoms with Gasteiger partial charge in [0.25, 0.3) is 5.91 Å². The molecule has 0 radical (unpaired) electrons. The molecule has 3 heterocycles. The first-order valence-electron chi connectivity index (χ1n) is 8.00. The van der Waals surface area contributed by atoms with Crippen LogP contribution in [0.3, 0.4) is 0 Å². The fourth-order valence-electron chi connectivity index (χ4n) is 2.84. The van der Waals surface area contributed by atoms with Gasteiger partial charge < -0.3 is 10.2 Å². The van der Waals surface area contributed by atoms with Crippen LogP contribution < -0.4 is 5.32 Å². The second kappa shape index (κ2) is 6.98. The highest BCUT2D eigenvalue weighted by atomic mass is 32.1. The van der Waals surface area contributed by atoms with E-state index in [0.29, 0.717) is 18.7 Å². The van der Waals surface area contributed by atoms with Crippen LogP contribution in [-0.4, -0.2) is 34.2 Å². The Balaban J connectivity index is 1.36. The van der Waals surface area contributed by atoms with Gasteiger partial charge >= 0.3 is 0 Å². The number of hydrogen-bond acceptors (Lipinski definition) is 6. The standard InChI is InChI=1S/C18H16N4O2S/c23-18(17-16-4-2-1-3-12(16)5-6-19-17)20-9-13-7-15(24-22-13)8-14-10-25-11-21-14/h1-6,10-11,15H,7-9H2,(H,20,23). The van der Waals surface area contributed by atoms with Gasteiger partial charge in [-0.25, -0.2) is 4.98 Å². The van der Waals surface area contributed by atoms with Crippen LogP contribution >= 0.6 is 11.3 Å². The van der Waals surface area contributed by atoms with Crippen molar-refractivity contribution in [3.63, 3.8) is 0 Å². The number of carbonyl (C=O) groups is 1. The maximum absolute atomic E-state index is 12.5. The lowest BCUT2D eigenvalue weighted by Gasteiger charge is -2.07. The monoisotopic (exact) mass is 352 g/mol. The molecule has 126 valence electrons. The highest BCUT2D eigenvalue weighted by Crippen LogP contribution is 2.17. The van der Waals surface area contributed by atoms with Gasteiger partial charge in [0, 0.05) is 29.8 Å². The van der Waals surface area contributed by atoms with Crippen LogP contribution in [0, 0.1) is 0 Å². The fourth-order valence-corrected chi connectivity index (χ4v) is 3.41. The number of thiazole rings is 1. The third-order valence-corrected chi connectivity index (χ3v) is 4.69.